The second-order valence-electron chi connectivity index (χ2n) is 6.53. The maximum atomic E-state index is 2.66. The summed E-state index contributed by atoms with van der Waals surface area (Å²) in [6, 6.07) is 22.0. The molecule has 1 heterocycles. The molecule has 1 nitrogen and oxygen atoms in total. The molecule has 0 aliphatic carbocycles. The first-order valence-corrected chi connectivity index (χ1v) is 8.69. The highest BCUT2D eigenvalue weighted by molar-refractivity contribution is 5.32. The molecular weight excluding hydrogens is 266 g/mol. The Morgan fingerprint density at radius 3 is 2.05 bits per heavy atom. The Labute approximate surface area is 135 Å². The molecule has 0 spiro atoms. The van der Waals surface area contributed by atoms with E-state index in [4.69, 9.17) is 0 Å². The first-order chi connectivity index (χ1) is 10.9. The van der Waals surface area contributed by atoms with Crippen LogP contribution in [0.3, 0.4) is 0 Å². The van der Waals surface area contributed by atoms with Crippen LogP contribution in [0.2, 0.25) is 0 Å². The van der Waals surface area contributed by atoms with Crippen LogP contribution in [0.25, 0.3) is 0 Å². The second kappa shape index (κ2) is 7.60. The molecule has 1 fully saturated rings. The average molecular weight is 293 g/mol. The molecule has 1 atom stereocenters. The lowest BCUT2D eigenvalue weighted by molar-refractivity contribution is 0.312. The lowest BCUT2D eigenvalue weighted by Crippen LogP contribution is -2.23. The van der Waals surface area contributed by atoms with Crippen molar-refractivity contribution in [1.29, 1.82) is 0 Å². The third-order valence-electron chi connectivity index (χ3n) is 5.09. The van der Waals surface area contributed by atoms with Crippen LogP contribution in [-0.4, -0.2) is 24.5 Å². The maximum Gasteiger partial charge on any atom is 0.0101 e. The van der Waals surface area contributed by atoms with Crippen molar-refractivity contribution in [2.45, 2.75) is 32.1 Å². The molecule has 0 radical (unpaired) electrons. The van der Waals surface area contributed by atoms with Gasteiger partial charge in [-0.05, 0) is 43.0 Å². The highest BCUT2D eigenvalue weighted by Gasteiger charge is 2.22. The largest absolute Gasteiger partial charge is 0.303 e. The molecule has 3 rings (SSSR count). The molecule has 2 aromatic carbocycles. The number of likely N-dealkylation sites (tertiary alicyclic amines) is 1. The number of benzene rings is 2. The minimum absolute atomic E-state index is 0.517. The minimum Gasteiger partial charge on any atom is -0.303 e. The van der Waals surface area contributed by atoms with Gasteiger partial charge in [0.25, 0.3) is 0 Å². The Kier molecular flexibility index (Phi) is 5.29. The van der Waals surface area contributed by atoms with E-state index in [1.165, 1.54) is 50.0 Å². The van der Waals surface area contributed by atoms with Crippen LogP contribution in [0.5, 0.6) is 0 Å². The smallest absolute Gasteiger partial charge is 0.0101 e. The molecule has 1 aliphatic heterocycles. The Morgan fingerprint density at radius 2 is 1.55 bits per heavy atom. The van der Waals surface area contributed by atoms with Gasteiger partial charge >= 0.3 is 0 Å². The van der Waals surface area contributed by atoms with Gasteiger partial charge in [0, 0.05) is 12.5 Å². The van der Waals surface area contributed by atoms with Crippen molar-refractivity contribution in [3.05, 3.63) is 71.8 Å². The zero-order valence-corrected chi connectivity index (χ0v) is 13.6. The fourth-order valence-corrected chi connectivity index (χ4v) is 3.66. The molecule has 1 unspecified atom stereocenters. The van der Waals surface area contributed by atoms with E-state index in [1.807, 2.05) is 0 Å². The molecule has 0 N–H and O–H groups in total. The SMILES string of the molecule is CCC1CCN(CCC(c2ccccc2)c2ccccc2)C1. The predicted octanol–water partition coefficient (Wildman–Crippen LogP) is 4.94. The predicted molar refractivity (Wildman–Crippen MR) is 94.2 cm³/mol. The van der Waals surface area contributed by atoms with Crippen LogP contribution in [0.1, 0.15) is 43.2 Å². The fraction of sp³-hybridized carbons (Fsp3) is 0.429. The summed E-state index contributed by atoms with van der Waals surface area (Å²) in [6.07, 6.45) is 3.93. The van der Waals surface area contributed by atoms with Crippen LogP contribution < -0.4 is 0 Å². The molecule has 1 saturated heterocycles. The van der Waals surface area contributed by atoms with Crippen LogP contribution in [0.4, 0.5) is 0 Å². The van der Waals surface area contributed by atoms with Crippen LogP contribution in [0.15, 0.2) is 60.7 Å². The lowest BCUT2D eigenvalue weighted by atomic mass is 9.88. The average Bonchev–Trinajstić information content (AvgIpc) is 3.05. The van der Waals surface area contributed by atoms with Gasteiger partial charge in [0.15, 0.2) is 0 Å². The van der Waals surface area contributed by atoms with E-state index in [9.17, 15) is 0 Å². The molecule has 1 aliphatic rings. The monoisotopic (exact) mass is 293 g/mol. The normalized spacial score (nSPS) is 18.9. The van der Waals surface area contributed by atoms with Crippen molar-refractivity contribution >= 4 is 0 Å². The molecule has 22 heavy (non-hydrogen) atoms. The van der Waals surface area contributed by atoms with E-state index in [2.05, 4.69) is 72.5 Å². The summed E-state index contributed by atoms with van der Waals surface area (Å²) in [6.45, 7) is 6.12. The summed E-state index contributed by atoms with van der Waals surface area (Å²) >= 11 is 0. The minimum atomic E-state index is 0.517. The summed E-state index contributed by atoms with van der Waals surface area (Å²) in [5.41, 5.74) is 2.89. The van der Waals surface area contributed by atoms with E-state index in [1.54, 1.807) is 0 Å². The number of nitrogens with zero attached hydrogens (tertiary/aromatic N) is 1. The lowest BCUT2D eigenvalue weighted by Gasteiger charge is -2.22. The Bertz CT molecular complexity index is 509. The molecular formula is C21H27N. The van der Waals surface area contributed by atoms with Crippen molar-refractivity contribution in [1.82, 2.24) is 4.90 Å². The van der Waals surface area contributed by atoms with Gasteiger partial charge in [-0.3, -0.25) is 0 Å². The van der Waals surface area contributed by atoms with Gasteiger partial charge in [-0.1, -0.05) is 74.0 Å². The summed E-state index contributed by atoms with van der Waals surface area (Å²) in [4.78, 5) is 2.66. The molecule has 0 bridgehead atoms. The first-order valence-electron chi connectivity index (χ1n) is 8.69. The highest BCUT2D eigenvalue weighted by Crippen LogP contribution is 2.29. The van der Waals surface area contributed by atoms with Crippen LogP contribution in [0, 0.1) is 5.92 Å². The zero-order chi connectivity index (χ0) is 15.2. The quantitative estimate of drug-likeness (QED) is 0.729. The third kappa shape index (κ3) is 3.78. The van der Waals surface area contributed by atoms with Gasteiger partial charge in [0.2, 0.25) is 0 Å². The zero-order valence-electron chi connectivity index (χ0n) is 13.6. The van der Waals surface area contributed by atoms with Crippen molar-refractivity contribution in [3.63, 3.8) is 0 Å². The van der Waals surface area contributed by atoms with Crippen LogP contribution >= 0.6 is 0 Å². The second-order valence-corrected chi connectivity index (χ2v) is 6.53. The molecule has 0 amide bonds. The van der Waals surface area contributed by atoms with Crippen LogP contribution in [-0.2, 0) is 0 Å². The molecule has 1 heteroatoms. The highest BCUT2D eigenvalue weighted by atomic mass is 15.1. The Morgan fingerprint density at radius 1 is 0.955 bits per heavy atom. The van der Waals surface area contributed by atoms with Crippen molar-refractivity contribution in [2.75, 3.05) is 19.6 Å². The standard InChI is InChI=1S/C21H27N/c1-2-18-13-15-22(17-18)16-14-21(19-9-5-3-6-10-19)20-11-7-4-8-12-20/h3-12,18,21H,2,13-17H2,1H3. The maximum absolute atomic E-state index is 2.66. The summed E-state index contributed by atoms with van der Waals surface area (Å²) < 4.78 is 0. The molecule has 2 aromatic rings. The van der Waals surface area contributed by atoms with Crippen molar-refractivity contribution < 1.29 is 0 Å². The third-order valence-corrected chi connectivity index (χ3v) is 5.09. The number of hydrogen-bond acceptors (Lipinski definition) is 1. The van der Waals surface area contributed by atoms with Crippen molar-refractivity contribution in [2.24, 2.45) is 5.92 Å². The summed E-state index contributed by atoms with van der Waals surface area (Å²) in [5.74, 6) is 1.44. The summed E-state index contributed by atoms with van der Waals surface area (Å²) in [5, 5.41) is 0. The van der Waals surface area contributed by atoms with E-state index in [0.717, 1.165) is 5.92 Å². The van der Waals surface area contributed by atoms with Gasteiger partial charge in [-0.25, -0.2) is 0 Å². The van der Waals surface area contributed by atoms with Gasteiger partial charge in [-0.2, -0.15) is 0 Å². The van der Waals surface area contributed by atoms with Crippen molar-refractivity contribution in [3.8, 4) is 0 Å². The molecule has 0 aromatic heterocycles. The van der Waals surface area contributed by atoms with E-state index >= 15 is 0 Å². The Hall–Kier alpha value is -1.60. The Balaban J connectivity index is 1.70. The van der Waals surface area contributed by atoms with Gasteiger partial charge in [0.1, 0.15) is 0 Å². The van der Waals surface area contributed by atoms with Gasteiger partial charge in [-0.15, -0.1) is 0 Å². The molecule has 116 valence electrons. The fourth-order valence-electron chi connectivity index (χ4n) is 3.66. The number of rotatable bonds is 6. The van der Waals surface area contributed by atoms with E-state index in [-0.39, 0.29) is 0 Å². The van der Waals surface area contributed by atoms with Gasteiger partial charge in [0.05, 0.1) is 0 Å². The van der Waals surface area contributed by atoms with E-state index in [0.29, 0.717) is 5.92 Å². The topological polar surface area (TPSA) is 3.24 Å². The number of hydrogen-bond donors (Lipinski definition) is 0. The molecule has 0 saturated carbocycles. The van der Waals surface area contributed by atoms with E-state index < -0.39 is 0 Å². The van der Waals surface area contributed by atoms with Gasteiger partial charge < -0.3 is 4.90 Å². The first kappa shape index (κ1) is 15.3. The summed E-state index contributed by atoms with van der Waals surface area (Å²) in [7, 11) is 0.